The SMILES string of the molecule is CC1CCCC(C2CCC(OC(=O)C(C)C3CCCCC3)CC2)CC1. The van der Waals surface area contributed by atoms with E-state index in [1.54, 1.807) is 0 Å². The number of carbonyl (C=O) groups is 1. The summed E-state index contributed by atoms with van der Waals surface area (Å²) in [4.78, 5) is 12.6. The first kappa shape index (κ1) is 19.2. The normalized spacial score (nSPS) is 36.4. The van der Waals surface area contributed by atoms with Crippen LogP contribution in [0.15, 0.2) is 0 Å². The van der Waals surface area contributed by atoms with Gasteiger partial charge in [-0.1, -0.05) is 58.8 Å². The molecule has 0 aromatic heterocycles. The van der Waals surface area contributed by atoms with Crippen molar-refractivity contribution >= 4 is 5.97 Å². The van der Waals surface area contributed by atoms with Gasteiger partial charge in [0.05, 0.1) is 5.92 Å². The summed E-state index contributed by atoms with van der Waals surface area (Å²) in [5.74, 6) is 3.56. The fraction of sp³-hybridized carbons (Fsp3) is 0.957. The highest BCUT2D eigenvalue weighted by Crippen LogP contribution is 2.39. The quantitative estimate of drug-likeness (QED) is 0.427. The van der Waals surface area contributed by atoms with Crippen molar-refractivity contribution in [1.82, 2.24) is 0 Å². The molecule has 144 valence electrons. The lowest BCUT2D eigenvalue weighted by Gasteiger charge is -2.34. The largest absolute Gasteiger partial charge is 0.462 e. The van der Waals surface area contributed by atoms with E-state index in [0.717, 1.165) is 30.6 Å². The summed E-state index contributed by atoms with van der Waals surface area (Å²) < 4.78 is 5.94. The molecule has 3 saturated carbocycles. The maximum absolute atomic E-state index is 12.6. The minimum Gasteiger partial charge on any atom is -0.462 e. The Kier molecular flexibility index (Phi) is 7.25. The molecule has 0 aromatic carbocycles. The fourth-order valence-electron chi connectivity index (χ4n) is 5.76. The lowest BCUT2D eigenvalue weighted by atomic mass is 9.76. The lowest BCUT2D eigenvalue weighted by molar-refractivity contribution is -0.158. The molecule has 0 heterocycles. The van der Waals surface area contributed by atoms with Crippen LogP contribution in [0.3, 0.4) is 0 Å². The molecule has 25 heavy (non-hydrogen) atoms. The molecule has 3 rings (SSSR count). The highest BCUT2D eigenvalue weighted by atomic mass is 16.5. The van der Waals surface area contributed by atoms with Crippen molar-refractivity contribution in [3.05, 3.63) is 0 Å². The van der Waals surface area contributed by atoms with Crippen LogP contribution in [0.1, 0.15) is 104 Å². The van der Waals surface area contributed by atoms with Crippen LogP contribution in [0, 0.1) is 29.6 Å². The molecule has 0 bridgehead atoms. The van der Waals surface area contributed by atoms with Crippen LogP contribution in [-0.2, 0) is 9.53 Å². The van der Waals surface area contributed by atoms with Gasteiger partial charge in [0.1, 0.15) is 6.10 Å². The van der Waals surface area contributed by atoms with Crippen LogP contribution in [-0.4, -0.2) is 12.1 Å². The zero-order chi connectivity index (χ0) is 17.6. The van der Waals surface area contributed by atoms with E-state index in [2.05, 4.69) is 13.8 Å². The third kappa shape index (κ3) is 5.47. The molecule has 0 saturated heterocycles. The molecule has 3 aliphatic carbocycles. The van der Waals surface area contributed by atoms with E-state index in [4.69, 9.17) is 4.74 Å². The number of hydrogen-bond donors (Lipinski definition) is 0. The first-order chi connectivity index (χ1) is 12.1. The number of carbonyl (C=O) groups excluding carboxylic acids is 1. The average Bonchev–Trinajstić information content (AvgIpc) is 2.87. The Labute approximate surface area is 155 Å². The second-order valence-corrected chi connectivity index (χ2v) is 9.53. The molecule has 2 heteroatoms. The van der Waals surface area contributed by atoms with Crippen molar-refractivity contribution < 1.29 is 9.53 Å². The first-order valence-corrected chi connectivity index (χ1v) is 11.3. The van der Waals surface area contributed by atoms with Crippen LogP contribution in [0.2, 0.25) is 0 Å². The van der Waals surface area contributed by atoms with Crippen LogP contribution >= 0.6 is 0 Å². The van der Waals surface area contributed by atoms with E-state index >= 15 is 0 Å². The van der Waals surface area contributed by atoms with E-state index in [1.807, 2.05) is 0 Å². The average molecular weight is 349 g/mol. The third-order valence-electron chi connectivity index (χ3n) is 7.70. The van der Waals surface area contributed by atoms with E-state index < -0.39 is 0 Å². The van der Waals surface area contributed by atoms with Crippen LogP contribution in [0.4, 0.5) is 0 Å². The van der Waals surface area contributed by atoms with E-state index in [9.17, 15) is 4.79 Å². The van der Waals surface area contributed by atoms with Crippen molar-refractivity contribution in [2.45, 2.75) is 110 Å². The van der Waals surface area contributed by atoms with Crippen molar-refractivity contribution in [1.29, 1.82) is 0 Å². The Morgan fingerprint density at radius 1 is 0.760 bits per heavy atom. The standard InChI is InChI=1S/C23H40O2/c1-17-7-6-10-20(12-11-17)21-13-15-22(16-14-21)25-23(24)18(2)19-8-4-3-5-9-19/h17-22H,3-16H2,1-2H3. The maximum atomic E-state index is 12.6. The first-order valence-electron chi connectivity index (χ1n) is 11.3. The Morgan fingerprint density at radius 3 is 2.12 bits per heavy atom. The molecule has 0 spiro atoms. The number of rotatable bonds is 4. The zero-order valence-corrected chi connectivity index (χ0v) is 16.7. The molecule has 3 atom stereocenters. The van der Waals surface area contributed by atoms with Gasteiger partial charge in [-0.3, -0.25) is 4.79 Å². The molecule has 0 aliphatic heterocycles. The molecular weight excluding hydrogens is 308 g/mol. The predicted molar refractivity (Wildman–Crippen MR) is 103 cm³/mol. The summed E-state index contributed by atoms with van der Waals surface area (Å²) in [6.45, 7) is 4.53. The summed E-state index contributed by atoms with van der Waals surface area (Å²) in [7, 11) is 0. The van der Waals surface area contributed by atoms with Crippen molar-refractivity contribution in [3.63, 3.8) is 0 Å². The molecule has 0 N–H and O–H groups in total. The van der Waals surface area contributed by atoms with Crippen molar-refractivity contribution in [2.75, 3.05) is 0 Å². The smallest absolute Gasteiger partial charge is 0.309 e. The predicted octanol–water partition coefficient (Wildman–Crippen LogP) is 6.52. The Balaban J connectivity index is 1.40. The molecule has 3 aliphatic rings. The van der Waals surface area contributed by atoms with E-state index in [1.165, 1.54) is 77.0 Å². The van der Waals surface area contributed by atoms with Gasteiger partial charge < -0.3 is 4.74 Å². The van der Waals surface area contributed by atoms with Gasteiger partial charge in [-0.2, -0.15) is 0 Å². The van der Waals surface area contributed by atoms with Gasteiger partial charge >= 0.3 is 5.97 Å². The number of hydrogen-bond acceptors (Lipinski definition) is 2. The molecule has 0 aromatic rings. The molecule has 2 nitrogen and oxygen atoms in total. The monoisotopic (exact) mass is 348 g/mol. The minimum absolute atomic E-state index is 0.0960. The summed E-state index contributed by atoms with van der Waals surface area (Å²) in [5, 5.41) is 0. The Morgan fingerprint density at radius 2 is 1.40 bits per heavy atom. The minimum atomic E-state index is 0.0960. The van der Waals surface area contributed by atoms with Gasteiger partial charge in [0, 0.05) is 0 Å². The van der Waals surface area contributed by atoms with Gasteiger partial charge in [-0.25, -0.2) is 0 Å². The number of esters is 1. The van der Waals surface area contributed by atoms with Crippen LogP contribution < -0.4 is 0 Å². The molecule has 0 radical (unpaired) electrons. The topological polar surface area (TPSA) is 26.3 Å². The van der Waals surface area contributed by atoms with Gasteiger partial charge in [0.25, 0.3) is 0 Å². The third-order valence-corrected chi connectivity index (χ3v) is 7.70. The molecule has 0 amide bonds. The zero-order valence-electron chi connectivity index (χ0n) is 16.7. The molecule has 3 unspecified atom stereocenters. The van der Waals surface area contributed by atoms with Gasteiger partial charge in [-0.05, 0) is 68.6 Å². The summed E-state index contributed by atoms with van der Waals surface area (Å²) in [6.07, 6.45) is 18.6. The van der Waals surface area contributed by atoms with E-state index in [-0.39, 0.29) is 18.0 Å². The maximum Gasteiger partial charge on any atom is 0.309 e. The van der Waals surface area contributed by atoms with Gasteiger partial charge in [0.15, 0.2) is 0 Å². The van der Waals surface area contributed by atoms with Gasteiger partial charge in [0.2, 0.25) is 0 Å². The lowest BCUT2D eigenvalue weighted by Crippen LogP contribution is -2.32. The Hall–Kier alpha value is -0.530. The van der Waals surface area contributed by atoms with Crippen molar-refractivity contribution in [3.8, 4) is 0 Å². The fourth-order valence-corrected chi connectivity index (χ4v) is 5.76. The summed E-state index contributed by atoms with van der Waals surface area (Å²) >= 11 is 0. The second-order valence-electron chi connectivity index (χ2n) is 9.53. The highest BCUT2D eigenvalue weighted by Gasteiger charge is 2.32. The van der Waals surface area contributed by atoms with Crippen molar-refractivity contribution in [2.24, 2.45) is 29.6 Å². The molecular formula is C23H40O2. The highest BCUT2D eigenvalue weighted by molar-refractivity contribution is 5.72. The van der Waals surface area contributed by atoms with Crippen LogP contribution in [0.25, 0.3) is 0 Å². The summed E-state index contributed by atoms with van der Waals surface area (Å²) in [5.41, 5.74) is 0. The Bertz CT molecular complexity index is 404. The second kappa shape index (κ2) is 9.42. The van der Waals surface area contributed by atoms with Gasteiger partial charge in [-0.15, -0.1) is 0 Å². The van der Waals surface area contributed by atoms with Crippen LogP contribution in [0.5, 0.6) is 0 Å². The summed E-state index contributed by atoms with van der Waals surface area (Å²) in [6, 6.07) is 0. The number of ether oxygens (including phenoxy) is 1. The molecule has 3 fully saturated rings. The van der Waals surface area contributed by atoms with E-state index in [0.29, 0.717) is 5.92 Å².